The summed E-state index contributed by atoms with van der Waals surface area (Å²) >= 11 is 5.86. The first-order valence-electron chi connectivity index (χ1n) is 4.67. The van der Waals surface area contributed by atoms with Crippen molar-refractivity contribution in [2.24, 2.45) is 21.7 Å². The van der Waals surface area contributed by atoms with E-state index in [1.54, 1.807) is 18.2 Å². The van der Waals surface area contributed by atoms with Crippen LogP contribution in [0.2, 0.25) is 5.02 Å². The van der Waals surface area contributed by atoms with Crippen molar-refractivity contribution in [2.45, 2.75) is 6.92 Å². The molecule has 1 aromatic carbocycles. The van der Waals surface area contributed by atoms with Gasteiger partial charge in [-0.3, -0.25) is 0 Å². The van der Waals surface area contributed by atoms with Crippen molar-refractivity contribution in [3.63, 3.8) is 0 Å². The minimum atomic E-state index is -0.101. The van der Waals surface area contributed by atoms with E-state index in [2.05, 4.69) is 10.2 Å². The molecule has 86 valence electrons. The van der Waals surface area contributed by atoms with Crippen LogP contribution in [0, 0.1) is 0 Å². The Morgan fingerprint density at radius 3 is 2.88 bits per heavy atom. The van der Waals surface area contributed by atoms with Crippen molar-refractivity contribution < 1.29 is 4.74 Å². The van der Waals surface area contributed by atoms with E-state index in [9.17, 15) is 0 Å². The molecule has 1 rings (SSSR count). The summed E-state index contributed by atoms with van der Waals surface area (Å²) in [5, 5.41) is 7.79. The summed E-state index contributed by atoms with van der Waals surface area (Å²) in [6.45, 7) is 2.45. The molecule has 0 saturated heterocycles. The predicted octanol–water partition coefficient (Wildman–Crippen LogP) is 1.35. The van der Waals surface area contributed by atoms with E-state index in [0.29, 0.717) is 17.4 Å². The highest BCUT2D eigenvalue weighted by Crippen LogP contribution is 2.21. The smallest absolute Gasteiger partial charge is 0.211 e. The van der Waals surface area contributed by atoms with Crippen LogP contribution in [0.4, 0.5) is 0 Å². The number of halogens is 1. The zero-order chi connectivity index (χ0) is 12.0. The SMILES string of the molecule is CCOc1ccc(Cl)cc1C=NN=C(N)N. The number of benzene rings is 1. The number of hydrogen-bond donors (Lipinski definition) is 2. The Balaban J connectivity index is 2.96. The molecular formula is C10H13ClN4O. The number of nitrogens with two attached hydrogens (primary N) is 2. The van der Waals surface area contributed by atoms with Crippen LogP contribution in [0.25, 0.3) is 0 Å². The van der Waals surface area contributed by atoms with Gasteiger partial charge in [0.2, 0.25) is 5.96 Å². The van der Waals surface area contributed by atoms with Crippen LogP contribution in [-0.4, -0.2) is 18.8 Å². The summed E-state index contributed by atoms with van der Waals surface area (Å²) < 4.78 is 5.39. The zero-order valence-electron chi connectivity index (χ0n) is 8.85. The fourth-order valence-electron chi connectivity index (χ4n) is 1.06. The molecule has 0 spiro atoms. The van der Waals surface area contributed by atoms with Crippen molar-refractivity contribution in [3.8, 4) is 5.75 Å². The summed E-state index contributed by atoms with van der Waals surface area (Å²) in [6.07, 6.45) is 1.48. The lowest BCUT2D eigenvalue weighted by atomic mass is 10.2. The second-order valence-corrected chi connectivity index (χ2v) is 3.32. The van der Waals surface area contributed by atoms with Crippen LogP contribution < -0.4 is 16.2 Å². The summed E-state index contributed by atoms with van der Waals surface area (Å²) in [5.74, 6) is 0.581. The molecule has 0 radical (unpaired) electrons. The van der Waals surface area contributed by atoms with Gasteiger partial charge in [-0.25, -0.2) is 0 Å². The van der Waals surface area contributed by atoms with E-state index in [4.69, 9.17) is 27.8 Å². The first-order valence-corrected chi connectivity index (χ1v) is 5.05. The van der Waals surface area contributed by atoms with E-state index in [1.807, 2.05) is 6.92 Å². The van der Waals surface area contributed by atoms with Gasteiger partial charge >= 0.3 is 0 Å². The number of hydrogen-bond acceptors (Lipinski definition) is 3. The van der Waals surface area contributed by atoms with Gasteiger partial charge in [0.05, 0.1) is 12.8 Å². The average Bonchev–Trinajstić information content (AvgIpc) is 2.21. The van der Waals surface area contributed by atoms with Crippen LogP contribution in [-0.2, 0) is 0 Å². The molecule has 0 saturated carbocycles. The van der Waals surface area contributed by atoms with E-state index >= 15 is 0 Å². The fraction of sp³-hybridized carbons (Fsp3) is 0.200. The van der Waals surface area contributed by atoms with Crippen LogP contribution in [0.3, 0.4) is 0 Å². The first kappa shape index (κ1) is 12.3. The van der Waals surface area contributed by atoms with Gasteiger partial charge in [0, 0.05) is 10.6 Å². The lowest BCUT2D eigenvalue weighted by molar-refractivity contribution is 0.340. The third kappa shape index (κ3) is 3.78. The normalized spacial score (nSPS) is 10.4. The van der Waals surface area contributed by atoms with Gasteiger partial charge in [0.1, 0.15) is 5.75 Å². The quantitative estimate of drug-likeness (QED) is 0.473. The largest absolute Gasteiger partial charge is 0.493 e. The molecule has 6 heteroatoms. The highest BCUT2D eigenvalue weighted by Gasteiger charge is 2.01. The Morgan fingerprint density at radius 2 is 2.25 bits per heavy atom. The molecule has 16 heavy (non-hydrogen) atoms. The van der Waals surface area contributed by atoms with Crippen LogP contribution in [0.15, 0.2) is 28.4 Å². The Bertz CT molecular complexity index is 413. The standard InChI is InChI=1S/C10H13ClN4O/c1-2-16-9-4-3-8(11)5-7(9)6-14-15-10(12)13/h3-6H,2H2,1H3,(H4,12,13,15). The van der Waals surface area contributed by atoms with Gasteiger partial charge in [-0.2, -0.15) is 5.10 Å². The van der Waals surface area contributed by atoms with Crippen LogP contribution in [0.1, 0.15) is 12.5 Å². The van der Waals surface area contributed by atoms with Gasteiger partial charge in [0.15, 0.2) is 0 Å². The van der Waals surface area contributed by atoms with Gasteiger partial charge in [-0.05, 0) is 25.1 Å². The molecule has 0 aliphatic rings. The Kier molecular flexibility index (Phi) is 4.60. The minimum Gasteiger partial charge on any atom is -0.493 e. The van der Waals surface area contributed by atoms with Gasteiger partial charge < -0.3 is 16.2 Å². The van der Waals surface area contributed by atoms with E-state index < -0.39 is 0 Å². The Morgan fingerprint density at radius 1 is 1.50 bits per heavy atom. The molecule has 0 unspecified atom stereocenters. The molecule has 5 nitrogen and oxygen atoms in total. The van der Waals surface area contributed by atoms with E-state index in [1.165, 1.54) is 6.21 Å². The summed E-state index contributed by atoms with van der Waals surface area (Å²) in [4.78, 5) is 0. The first-order chi connectivity index (χ1) is 7.63. The molecular weight excluding hydrogens is 228 g/mol. The van der Waals surface area contributed by atoms with Crippen molar-refractivity contribution in [1.82, 2.24) is 0 Å². The molecule has 0 aliphatic heterocycles. The Hall–Kier alpha value is -1.75. The Labute approximate surface area is 98.7 Å². The molecule has 0 bridgehead atoms. The summed E-state index contributed by atoms with van der Waals surface area (Å²) in [7, 11) is 0. The number of rotatable bonds is 4. The average molecular weight is 241 g/mol. The number of guanidine groups is 1. The second kappa shape index (κ2) is 5.97. The molecule has 0 atom stereocenters. The van der Waals surface area contributed by atoms with Crippen molar-refractivity contribution in [1.29, 1.82) is 0 Å². The highest BCUT2D eigenvalue weighted by atomic mass is 35.5. The number of ether oxygens (including phenoxy) is 1. The molecule has 0 aromatic heterocycles. The van der Waals surface area contributed by atoms with Crippen LogP contribution in [0.5, 0.6) is 5.75 Å². The fourth-order valence-corrected chi connectivity index (χ4v) is 1.25. The van der Waals surface area contributed by atoms with Crippen molar-refractivity contribution in [3.05, 3.63) is 28.8 Å². The molecule has 0 aliphatic carbocycles. The third-order valence-electron chi connectivity index (χ3n) is 1.64. The lowest BCUT2D eigenvalue weighted by Crippen LogP contribution is -2.21. The topological polar surface area (TPSA) is 86.0 Å². The van der Waals surface area contributed by atoms with Gasteiger partial charge in [-0.1, -0.05) is 11.6 Å². The predicted molar refractivity (Wildman–Crippen MR) is 66.0 cm³/mol. The molecule has 0 amide bonds. The van der Waals surface area contributed by atoms with Gasteiger partial charge in [0.25, 0.3) is 0 Å². The third-order valence-corrected chi connectivity index (χ3v) is 1.88. The maximum absolute atomic E-state index is 5.86. The molecule has 1 aromatic rings. The van der Waals surface area contributed by atoms with Crippen molar-refractivity contribution in [2.75, 3.05) is 6.61 Å². The monoisotopic (exact) mass is 240 g/mol. The highest BCUT2D eigenvalue weighted by molar-refractivity contribution is 6.30. The second-order valence-electron chi connectivity index (χ2n) is 2.88. The van der Waals surface area contributed by atoms with E-state index in [-0.39, 0.29) is 5.96 Å². The zero-order valence-corrected chi connectivity index (χ0v) is 9.61. The lowest BCUT2D eigenvalue weighted by Gasteiger charge is -2.06. The maximum Gasteiger partial charge on any atom is 0.211 e. The summed E-state index contributed by atoms with van der Waals surface area (Å²) in [5.41, 5.74) is 11.0. The maximum atomic E-state index is 5.86. The van der Waals surface area contributed by atoms with Crippen LogP contribution >= 0.6 is 11.6 Å². The molecule has 4 N–H and O–H groups in total. The summed E-state index contributed by atoms with van der Waals surface area (Å²) in [6, 6.07) is 5.23. The molecule has 0 fully saturated rings. The van der Waals surface area contributed by atoms with Crippen molar-refractivity contribution >= 4 is 23.8 Å². The van der Waals surface area contributed by atoms with E-state index in [0.717, 1.165) is 5.56 Å². The number of nitrogens with zero attached hydrogens (tertiary/aromatic N) is 2. The molecule has 0 heterocycles. The minimum absolute atomic E-state index is 0.101. The van der Waals surface area contributed by atoms with Gasteiger partial charge in [-0.15, -0.1) is 5.10 Å².